The van der Waals surface area contributed by atoms with Gasteiger partial charge in [-0.15, -0.1) is 0 Å². The van der Waals surface area contributed by atoms with Crippen molar-refractivity contribution in [2.24, 2.45) is 5.73 Å². The second-order valence-corrected chi connectivity index (χ2v) is 3.82. The van der Waals surface area contributed by atoms with Gasteiger partial charge < -0.3 is 35.3 Å². The molecule has 1 aromatic carbocycles. The number of carboxylic acids is 2. The van der Waals surface area contributed by atoms with Gasteiger partial charge in [0.2, 0.25) is 5.75 Å². The van der Waals surface area contributed by atoms with E-state index in [1.54, 1.807) is 19.2 Å². The van der Waals surface area contributed by atoms with Crippen molar-refractivity contribution >= 4 is 11.9 Å². The zero-order valence-electron chi connectivity index (χ0n) is 12.4. The molecule has 0 fully saturated rings. The van der Waals surface area contributed by atoms with E-state index in [9.17, 15) is 0 Å². The molecular formula is C13H19NO8. The first-order valence-corrected chi connectivity index (χ1v) is 5.95. The molecule has 9 heteroatoms. The summed E-state index contributed by atoms with van der Waals surface area (Å²) in [6.07, 6.45) is 0. The van der Waals surface area contributed by atoms with Crippen LogP contribution in [-0.2, 0) is 9.59 Å². The Bertz CT molecular complexity index is 505. The molecule has 9 nitrogen and oxygen atoms in total. The van der Waals surface area contributed by atoms with Gasteiger partial charge in [-0.1, -0.05) is 0 Å². The van der Waals surface area contributed by atoms with Crippen molar-refractivity contribution in [3.8, 4) is 17.2 Å². The van der Waals surface area contributed by atoms with Crippen molar-refractivity contribution in [3.63, 3.8) is 0 Å². The van der Waals surface area contributed by atoms with E-state index in [2.05, 4.69) is 0 Å². The Hall–Kier alpha value is -2.52. The van der Waals surface area contributed by atoms with Crippen LogP contribution in [0.1, 0.15) is 11.6 Å². The van der Waals surface area contributed by atoms with Crippen molar-refractivity contribution in [3.05, 3.63) is 17.7 Å². The van der Waals surface area contributed by atoms with Crippen LogP contribution in [0.2, 0.25) is 0 Å². The maximum atomic E-state index is 9.10. The smallest absolute Gasteiger partial charge is 0.414 e. The average Bonchev–Trinajstić information content (AvgIpc) is 2.52. The van der Waals surface area contributed by atoms with E-state index in [-0.39, 0.29) is 6.61 Å². The van der Waals surface area contributed by atoms with E-state index < -0.39 is 18.0 Å². The molecule has 5 N–H and O–H groups in total. The van der Waals surface area contributed by atoms with E-state index in [1.165, 1.54) is 14.2 Å². The molecule has 22 heavy (non-hydrogen) atoms. The number of methoxy groups -OCH3 is 3. The minimum absolute atomic E-state index is 0.161. The molecular weight excluding hydrogens is 298 g/mol. The summed E-state index contributed by atoms with van der Waals surface area (Å²) < 4.78 is 15.6. The fraction of sp³-hybridized carbons (Fsp3) is 0.385. The summed E-state index contributed by atoms with van der Waals surface area (Å²) >= 11 is 0. The van der Waals surface area contributed by atoms with Gasteiger partial charge >= 0.3 is 11.9 Å². The SMILES string of the molecule is COc1ccc(C(N)CO)c(OC)c1OC.O=C(O)C(=O)O. The molecule has 0 aliphatic carbocycles. The Morgan fingerprint density at radius 1 is 1.05 bits per heavy atom. The highest BCUT2D eigenvalue weighted by Gasteiger charge is 2.19. The summed E-state index contributed by atoms with van der Waals surface area (Å²) in [5.74, 6) is -2.12. The van der Waals surface area contributed by atoms with Gasteiger partial charge in [-0.05, 0) is 12.1 Å². The maximum Gasteiger partial charge on any atom is 0.414 e. The lowest BCUT2D eigenvalue weighted by atomic mass is 10.1. The Kier molecular flexibility index (Phi) is 8.34. The van der Waals surface area contributed by atoms with Crippen LogP contribution in [0.25, 0.3) is 0 Å². The number of aliphatic hydroxyl groups is 1. The monoisotopic (exact) mass is 317 g/mol. The Balaban J connectivity index is 0.000000626. The van der Waals surface area contributed by atoms with Gasteiger partial charge in [-0.25, -0.2) is 9.59 Å². The highest BCUT2D eigenvalue weighted by molar-refractivity contribution is 6.27. The fourth-order valence-electron chi connectivity index (χ4n) is 1.51. The standard InChI is InChI=1S/C11H17NO4.C2H2O4/c1-14-9-5-4-7(8(12)6-13)10(15-2)11(9)16-3;3-1(4)2(5)6/h4-5,8,13H,6,12H2,1-3H3;(H,3,4)(H,5,6). The van der Waals surface area contributed by atoms with E-state index in [0.717, 1.165) is 0 Å². The molecule has 0 amide bonds. The average molecular weight is 317 g/mol. The molecule has 0 saturated carbocycles. The number of rotatable bonds is 5. The van der Waals surface area contributed by atoms with Crippen molar-refractivity contribution in [1.29, 1.82) is 0 Å². The van der Waals surface area contributed by atoms with Crippen LogP contribution >= 0.6 is 0 Å². The van der Waals surface area contributed by atoms with Gasteiger partial charge in [-0.2, -0.15) is 0 Å². The summed E-state index contributed by atoms with van der Waals surface area (Å²) in [4.78, 5) is 18.2. The third-order valence-electron chi connectivity index (χ3n) is 2.51. The second-order valence-electron chi connectivity index (χ2n) is 3.82. The van der Waals surface area contributed by atoms with Crippen LogP contribution in [0, 0.1) is 0 Å². The molecule has 0 spiro atoms. The van der Waals surface area contributed by atoms with E-state index in [0.29, 0.717) is 22.8 Å². The summed E-state index contributed by atoms with van der Waals surface area (Å²) in [6.45, 7) is -0.161. The molecule has 0 saturated heterocycles. The number of aliphatic carboxylic acids is 2. The zero-order chi connectivity index (χ0) is 17.3. The molecule has 0 bridgehead atoms. The highest BCUT2D eigenvalue weighted by atomic mass is 16.5. The van der Waals surface area contributed by atoms with Crippen LogP contribution < -0.4 is 19.9 Å². The van der Waals surface area contributed by atoms with Crippen LogP contribution in [0.15, 0.2) is 12.1 Å². The number of carbonyl (C=O) groups is 2. The normalized spacial score (nSPS) is 10.8. The molecule has 124 valence electrons. The second kappa shape index (κ2) is 9.42. The number of ether oxygens (including phenoxy) is 3. The molecule has 0 aliphatic heterocycles. The minimum atomic E-state index is -1.82. The number of aliphatic hydroxyl groups excluding tert-OH is 1. The summed E-state index contributed by atoms with van der Waals surface area (Å²) in [5.41, 5.74) is 6.44. The molecule has 1 aromatic rings. The third-order valence-corrected chi connectivity index (χ3v) is 2.51. The fourth-order valence-corrected chi connectivity index (χ4v) is 1.51. The lowest BCUT2D eigenvalue weighted by Gasteiger charge is -2.18. The molecule has 1 rings (SSSR count). The summed E-state index contributed by atoms with van der Waals surface area (Å²) in [6, 6.07) is 2.97. The number of carboxylic acid groups (broad SMARTS) is 2. The molecule has 1 unspecified atom stereocenters. The number of nitrogens with two attached hydrogens (primary N) is 1. The minimum Gasteiger partial charge on any atom is -0.493 e. The molecule has 0 aliphatic rings. The number of hydrogen-bond acceptors (Lipinski definition) is 7. The molecule has 0 heterocycles. The van der Waals surface area contributed by atoms with Gasteiger partial charge in [0, 0.05) is 5.56 Å². The van der Waals surface area contributed by atoms with E-state index in [1.807, 2.05) is 0 Å². The van der Waals surface area contributed by atoms with Gasteiger partial charge in [0.1, 0.15) is 0 Å². The Morgan fingerprint density at radius 3 is 1.86 bits per heavy atom. The summed E-state index contributed by atoms with van der Waals surface area (Å²) in [7, 11) is 4.59. The van der Waals surface area contributed by atoms with Crippen molar-refractivity contribution in [1.82, 2.24) is 0 Å². The zero-order valence-corrected chi connectivity index (χ0v) is 12.4. The quantitative estimate of drug-likeness (QED) is 0.544. The predicted molar refractivity (Wildman–Crippen MR) is 75.4 cm³/mol. The van der Waals surface area contributed by atoms with Crippen molar-refractivity contribution in [2.75, 3.05) is 27.9 Å². The van der Waals surface area contributed by atoms with Crippen LogP contribution in [-0.4, -0.2) is 55.2 Å². The first-order chi connectivity index (χ1) is 10.3. The van der Waals surface area contributed by atoms with E-state index in [4.69, 9.17) is 44.9 Å². The van der Waals surface area contributed by atoms with Crippen LogP contribution in [0.3, 0.4) is 0 Å². The largest absolute Gasteiger partial charge is 0.493 e. The van der Waals surface area contributed by atoms with Gasteiger partial charge in [0.05, 0.1) is 34.0 Å². The van der Waals surface area contributed by atoms with E-state index >= 15 is 0 Å². The maximum absolute atomic E-state index is 9.10. The lowest BCUT2D eigenvalue weighted by molar-refractivity contribution is -0.159. The molecule has 0 radical (unpaired) electrons. The summed E-state index contributed by atoms with van der Waals surface area (Å²) in [5, 5.41) is 23.8. The topological polar surface area (TPSA) is 149 Å². The van der Waals surface area contributed by atoms with Crippen molar-refractivity contribution in [2.45, 2.75) is 6.04 Å². The molecule has 1 atom stereocenters. The molecule has 0 aromatic heterocycles. The first kappa shape index (κ1) is 19.5. The Labute approximate surface area is 126 Å². The van der Waals surface area contributed by atoms with Gasteiger partial charge in [0.15, 0.2) is 11.5 Å². The third kappa shape index (κ3) is 5.11. The number of hydrogen-bond donors (Lipinski definition) is 4. The van der Waals surface area contributed by atoms with Gasteiger partial charge in [-0.3, -0.25) is 0 Å². The lowest BCUT2D eigenvalue weighted by Crippen LogP contribution is -2.16. The first-order valence-electron chi connectivity index (χ1n) is 5.95. The number of benzene rings is 1. The van der Waals surface area contributed by atoms with Crippen LogP contribution in [0.5, 0.6) is 17.2 Å². The van der Waals surface area contributed by atoms with Crippen LogP contribution in [0.4, 0.5) is 0 Å². The Morgan fingerprint density at radius 2 is 1.55 bits per heavy atom. The van der Waals surface area contributed by atoms with Crippen molar-refractivity contribution < 1.29 is 39.1 Å². The predicted octanol–water partition coefficient (Wildman–Crippen LogP) is -0.140. The van der Waals surface area contributed by atoms with Gasteiger partial charge in [0.25, 0.3) is 0 Å². The highest BCUT2D eigenvalue weighted by Crippen LogP contribution is 2.41.